The molecule has 1 unspecified atom stereocenters. The molecule has 3 N–H and O–H groups in total. The van der Waals surface area contributed by atoms with Gasteiger partial charge in [-0.25, -0.2) is 0 Å². The normalized spacial score (nSPS) is 12.8. The van der Waals surface area contributed by atoms with Gasteiger partial charge >= 0.3 is 0 Å². The van der Waals surface area contributed by atoms with Gasteiger partial charge in [0.1, 0.15) is 12.4 Å². The van der Waals surface area contributed by atoms with Crippen LogP contribution in [0.5, 0.6) is 5.75 Å². The third-order valence-corrected chi connectivity index (χ3v) is 4.44. The molecule has 25 heavy (non-hydrogen) atoms. The highest BCUT2D eigenvalue weighted by molar-refractivity contribution is 5.95. The van der Waals surface area contributed by atoms with Crippen molar-refractivity contribution in [2.45, 2.75) is 32.9 Å². The zero-order chi connectivity index (χ0) is 17.6. The summed E-state index contributed by atoms with van der Waals surface area (Å²) in [6.45, 7) is 6.92. The first kappa shape index (κ1) is 21.0. The second-order valence-corrected chi connectivity index (χ2v) is 6.53. The van der Waals surface area contributed by atoms with E-state index in [1.807, 2.05) is 63.2 Å². The van der Waals surface area contributed by atoms with Crippen LogP contribution in [0.3, 0.4) is 0 Å². The molecule has 1 amide bonds. The molecule has 0 aliphatic carbocycles. The van der Waals surface area contributed by atoms with Gasteiger partial charge in [0, 0.05) is 12.1 Å². The van der Waals surface area contributed by atoms with Crippen molar-refractivity contribution >= 4 is 18.3 Å². The first-order valence-electron chi connectivity index (χ1n) is 8.24. The number of carbonyl (C=O) groups is 1. The van der Waals surface area contributed by atoms with Crippen LogP contribution in [0.2, 0.25) is 0 Å². The number of nitrogens with two attached hydrogens (primary N) is 1. The summed E-state index contributed by atoms with van der Waals surface area (Å²) in [5.74, 6) is 0.774. The van der Waals surface area contributed by atoms with Crippen LogP contribution in [0.25, 0.3) is 0 Å². The highest BCUT2D eigenvalue weighted by Crippen LogP contribution is 2.18. The molecule has 5 heteroatoms. The Morgan fingerprint density at radius 1 is 1.16 bits per heavy atom. The maximum absolute atomic E-state index is 12.5. The number of carbonyl (C=O) groups excluding carboxylic acids is 1. The largest absolute Gasteiger partial charge is 0.489 e. The molecule has 0 aliphatic heterocycles. The minimum atomic E-state index is -0.433. The van der Waals surface area contributed by atoms with Crippen molar-refractivity contribution in [1.29, 1.82) is 0 Å². The van der Waals surface area contributed by atoms with Crippen molar-refractivity contribution in [1.82, 2.24) is 5.32 Å². The molecular formula is C20H27ClN2O2. The van der Waals surface area contributed by atoms with Crippen molar-refractivity contribution < 1.29 is 9.53 Å². The van der Waals surface area contributed by atoms with Crippen LogP contribution >= 0.6 is 12.4 Å². The van der Waals surface area contributed by atoms with Gasteiger partial charge in [-0.2, -0.15) is 0 Å². The van der Waals surface area contributed by atoms with E-state index in [0.29, 0.717) is 24.5 Å². The molecule has 0 heterocycles. The minimum absolute atomic E-state index is 0. The Kier molecular flexibility index (Phi) is 7.94. The standard InChI is InChI=1S/C20H26N2O2.ClH/c1-15(2)20(3,14-21)22-19(23)17-10-7-11-18(12-17)24-13-16-8-5-4-6-9-16;/h4-12,15H,13-14,21H2,1-3H3,(H,22,23);1H. The lowest BCUT2D eigenvalue weighted by atomic mass is 9.88. The summed E-state index contributed by atoms with van der Waals surface area (Å²) in [5, 5.41) is 3.04. The molecule has 0 saturated carbocycles. The van der Waals surface area contributed by atoms with Gasteiger partial charge in [-0.1, -0.05) is 50.2 Å². The van der Waals surface area contributed by atoms with E-state index in [-0.39, 0.29) is 24.2 Å². The lowest BCUT2D eigenvalue weighted by molar-refractivity contribution is 0.0882. The maximum Gasteiger partial charge on any atom is 0.251 e. The van der Waals surface area contributed by atoms with Gasteiger partial charge in [-0.15, -0.1) is 12.4 Å². The topological polar surface area (TPSA) is 64.3 Å². The number of benzene rings is 2. The van der Waals surface area contributed by atoms with Gasteiger partial charge in [-0.05, 0) is 36.6 Å². The van der Waals surface area contributed by atoms with Gasteiger partial charge in [-0.3, -0.25) is 4.79 Å². The Balaban J connectivity index is 0.00000312. The van der Waals surface area contributed by atoms with E-state index in [1.165, 1.54) is 0 Å². The fourth-order valence-corrected chi connectivity index (χ4v) is 2.23. The summed E-state index contributed by atoms with van der Waals surface area (Å²) in [6.07, 6.45) is 0. The number of nitrogens with one attached hydrogen (secondary N) is 1. The molecule has 4 nitrogen and oxygen atoms in total. The Morgan fingerprint density at radius 2 is 1.84 bits per heavy atom. The van der Waals surface area contributed by atoms with E-state index in [4.69, 9.17) is 10.5 Å². The average Bonchev–Trinajstić information content (AvgIpc) is 2.60. The van der Waals surface area contributed by atoms with Gasteiger partial charge in [0.2, 0.25) is 0 Å². The second kappa shape index (κ2) is 9.44. The molecule has 1 atom stereocenters. The number of halogens is 1. The number of rotatable bonds is 7. The maximum atomic E-state index is 12.5. The van der Waals surface area contributed by atoms with E-state index in [1.54, 1.807) is 12.1 Å². The molecule has 2 rings (SSSR count). The van der Waals surface area contributed by atoms with E-state index in [0.717, 1.165) is 5.56 Å². The Labute approximate surface area is 156 Å². The third-order valence-electron chi connectivity index (χ3n) is 4.44. The molecule has 136 valence electrons. The molecule has 0 fully saturated rings. The molecule has 0 bridgehead atoms. The Morgan fingerprint density at radius 3 is 2.44 bits per heavy atom. The molecule has 0 aliphatic rings. The van der Waals surface area contributed by atoms with Crippen molar-refractivity contribution in [2.75, 3.05) is 6.54 Å². The fourth-order valence-electron chi connectivity index (χ4n) is 2.23. The predicted octanol–water partition coefficient (Wildman–Crippen LogP) is 3.79. The average molecular weight is 363 g/mol. The van der Waals surface area contributed by atoms with Crippen LogP contribution < -0.4 is 15.8 Å². The quantitative estimate of drug-likeness (QED) is 0.787. The van der Waals surface area contributed by atoms with Crippen LogP contribution in [0, 0.1) is 5.92 Å². The monoisotopic (exact) mass is 362 g/mol. The minimum Gasteiger partial charge on any atom is -0.489 e. The summed E-state index contributed by atoms with van der Waals surface area (Å²) >= 11 is 0. The number of amides is 1. The predicted molar refractivity (Wildman–Crippen MR) is 104 cm³/mol. The zero-order valence-electron chi connectivity index (χ0n) is 15.0. The summed E-state index contributed by atoms with van der Waals surface area (Å²) < 4.78 is 5.78. The SMILES string of the molecule is CC(C)C(C)(CN)NC(=O)c1cccc(OCc2ccccc2)c1.Cl. The van der Waals surface area contributed by atoms with Crippen molar-refractivity contribution in [3.05, 3.63) is 65.7 Å². The lowest BCUT2D eigenvalue weighted by Crippen LogP contribution is -2.55. The zero-order valence-corrected chi connectivity index (χ0v) is 15.8. The summed E-state index contributed by atoms with van der Waals surface area (Å²) in [4.78, 5) is 12.5. The Hall–Kier alpha value is -2.04. The van der Waals surface area contributed by atoms with Crippen LogP contribution in [0.1, 0.15) is 36.7 Å². The molecule has 0 spiro atoms. The lowest BCUT2D eigenvalue weighted by Gasteiger charge is -2.33. The number of hydrogen-bond acceptors (Lipinski definition) is 3. The fraction of sp³-hybridized carbons (Fsp3) is 0.350. The van der Waals surface area contributed by atoms with Crippen LogP contribution in [0.15, 0.2) is 54.6 Å². The van der Waals surface area contributed by atoms with Gasteiger partial charge < -0.3 is 15.8 Å². The van der Waals surface area contributed by atoms with Crippen LogP contribution in [-0.4, -0.2) is 18.0 Å². The van der Waals surface area contributed by atoms with Crippen LogP contribution in [-0.2, 0) is 6.61 Å². The molecule has 2 aromatic carbocycles. The number of ether oxygens (including phenoxy) is 1. The summed E-state index contributed by atoms with van der Waals surface area (Å²) in [7, 11) is 0. The van der Waals surface area contributed by atoms with Gasteiger partial charge in [0.15, 0.2) is 0 Å². The highest BCUT2D eigenvalue weighted by atomic mass is 35.5. The van der Waals surface area contributed by atoms with E-state index >= 15 is 0 Å². The molecule has 0 radical (unpaired) electrons. The van der Waals surface area contributed by atoms with E-state index in [2.05, 4.69) is 5.32 Å². The molecular weight excluding hydrogens is 336 g/mol. The molecule has 2 aromatic rings. The van der Waals surface area contributed by atoms with E-state index < -0.39 is 5.54 Å². The number of hydrogen-bond donors (Lipinski definition) is 2. The van der Waals surface area contributed by atoms with Crippen molar-refractivity contribution in [3.63, 3.8) is 0 Å². The van der Waals surface area contributed by atoms with Crippen molar-refractivity contribution in [3.8, 4) is 5.75 Å². The van der Waals surface area contributed by atoms with Crippen LogP contribution in [0.4, 0.5) is 0 Å². The third kappa shape index (κ3) is 5.76. The highest BCUT2D eigenvalue weighted by Gasteiger charge is 2.28. The molecule has 0 saturated heterocycles. The first-order chi connectivity index (χ1) is 11.4. The summed E-state index contributed by atoms with van der Waals surface area (Å²) in [6, 6.07) is 17.1. The molecule has 0 aromatic heterocycles. The van der Waals surface area contributed by atoms with Gasteiger partial charge in [0.25, 0.3) is 5.91 Å². The van der Waals surface area contributed by atoms with E-state index in [9.17, 15) is 4.79 Å². The Bertz CT molecular complexity index is 676. The first-order valence-corrected chi connectivity index (χ1v) is 8.24. The summed E-state index contributed by atoms with van der Waals surface area (Å²) in [5.41, 5.74) is 7.06. The van der Waals surface area contributed by atoms with Gasteiger partial charge in [0.05, 0.1) is 5.54 Å². The second-order valence-electron chi connectivity index (χ2n) is 6.53. The van der Waals surface area contributed by atoms with Crippen molar-refractivity contribution in [2.24, 2.45) is 11.7 Å². The smallest absolute Gasteiger partial charge is 0.251 e.